The van der Waals surface area contributed by atoms with Crippen molar-refractivity contribution in [2.24, 2.45) is 12.8 Å². The molecule has 6 nitrogen and oxygen atoms in total. The van der Waals surface area contributed by atoms with Crippen LogP contribution in [0.25, 0.3) is 0 Å². The number of aryl methyl sites for hydroxylation is 1. The number of pyridine rings is 1. The average molecular weight is 255 g/mol. The number of rotatable bonds is 2. The Bertz CT molecular complexity index is 650. The Hall–Kier alpha value is -2.65. The molecular weight excluding hydrogens is 242 g/mol. The number of hydrogen-bond donors (Lipinski definition) is 2. The van der Waals surface area contributed by atoms with Crippen molar-refractivity contribution >= 4 is 11.6 Å². The fourth-order valence-corrected chi connectivity index (χ4v) is 1.52. The summed E-state index contributed by atoms with van der Waals surface area (Å²) in [7, 11) is 1.78. The van der Waals surface area contributed by atoms with E-state index in [-0.39, 0.29) is 12.5 Å². The molecule has 0 aliphatic carbocycles. The Morgan fingerprint density at radius 2 is 2.37 bits per heavy atom. The quantitative estimate of drug-likeness (QED) is 0.759. The molecule has 96 valence electrons. The maximum absolute atomic E-state index is 12.1. The van der Waals surface area contributed by atoms with E-state index in [0.29, 0.717) is 16.8 Å². The van der Waals surface area contributed by atoms with Gasteiger partial charge in [-0.15, -0.1) is 0 Å². The third-order valence-corrected chi connectivity index (χ3v) is 2.35. The standard InChI is InChI=1S/C13H13N5O/c1-18-9-11(8-16-18)17-13(19)12-4-6-15-7-10(12)3-2-5-14/h4,6-9H,5,14H2,1H3,(H,17,19). The van der Waals surface area contributed by atoms with Crippen LogP contribution in [-0.2, 0) is 7.05 Å². The van der Waals surface area contributed by atoms with E-state index in [2.05, 4.69) is 27.2 Å². The summed E-state index contributed by atoms with van der Waals surface area (Å²) >= 11 is 0. The van der Waals surface area contributed by atoms with E-state index in [4.69, 9.17) is 5.73 Å². The van der Waals surface area contributed by atoms with Gasteiger partial charge in [-0.2, -0.15) is 5.10 Å². The first-order chi connectivity index (χ1) is 9.20. The van der Waals surface area contributed by atoms with Gasteiger partial charge in [0.05, 0.1) is 29.6 Å². The van der Waals surface area contributed by atoms with Gasteiger partial charge in [-0.3, -0.25) is 14.5 Å². The van der Waals surface area contributed by atoms with E-state index in [1.54, 1.807) is 42.6 Å². The van der Waals surface area contributed by atoms with Gasteiger partial charge in [0, 0.05) is 25.6 Å². The Morgan fingerprint density at radius 3 is 3.05 bits per heavy atom. The Kier molecular flexibility index (Phi) is 3.90. The number of nitrogens with two attached hydrogens (primary N) is 1. The first-order valence-electron chi connectivity index (χ1n) is 5.63. The predicted octanol–water partition coefficient (Wildman–Crippen LogP) is 0.378. The number of aromatic nitrogens is 3. The van der Waals surface area contributed by atoms with E-state index in [9.17, 15) is 4.79 Å². The van der Waals surface area contributed by atoms with Gasteiger partial charge >= 0.3 is 0 Å². The minimum Gasteiger partial charge on any atom is -0.320 e. The smallest absolute Gasteiger partial charge is 0.257 e. The van der Waals surface area contributed by atoms with Crippen molar-refractivity contribution < 1.29 is 4.79 Å². The number of hydrogen-bond acceptors (Lipinski definition) is 4. The van der Waals surface area contributed by atoms with Crippen LogP contribution in [0, 0.1) is 11.8 Å². The first kappa shape index (κ1) is 12.8. The molecule has 2 rings (SSSR count). The second-order valence-electron chi connectivity index (χ2n) is 3.78. The van der Waals surface area contributed by atoms with Crippen LogP contribution < -0.4 is 11.1 Å². The summed E-state index contributed by atoms with van der Waals surface area (Å²) in [6.45, 7) is 0.235. The number of anilines is 1. The fraction of sp³-hybridized carbons (Fsp3) is 0.154. The van der Waals surface area contributed by atoms with Crippen LogP contribution in [0.1, 0.15) is 15.9 Å². The van der Waals surface area contributed by atoms with Gasteiger partial charge in [-0.1, -0.05) is 11.8 Å². The lowest BCUT2D eigenvalue weighted by Crippen LogP contribution is -2.13. The Balaban J connectivity index is 2.23. The molecule has 2 aromatic heterocycles. The maximum Gasteiger partial charge on any atom is 0.257 e. The number of amides is 1. The molecule has 0 radical (unpaired) electrons. The predicted molar refractivity (Wildman–Crippen MR) is 71.3 cm³/mol. The molecule has 0 saturated heterocycles. The zero-order valence-electron chi connectivity index (χ0n) is 10.4. The SMILES string of the molecule is Cn1cc(NC(=O)c2ccncc2C#CCN)cn1. The van der Waals surface area contributed by atoms with Gasteiger partial charge in [-0.05, 0) is 6.07 Å². The highest BCUT2D eigenvalue weighted by Gasteiger charge is 2.11. The van der Waals surface area contributed by atoms with Gasteiger partial charge in [-0.25, -0.2) is 0 Å². The summed E-state index contributed by atoms with van der Waals surface area (Å²) in [6, 6.07) is 1.62. The van der Waals surface area contributed by atoms with Crippen LogP contribution in [0.2, 0.25) is 0 Å². The molecule has 0 spiro atoms. The summed E-state index contributed by atoms with van der Waals surface area (Å²) < 4.78 is 1.61. The molecule has 0 aromatic carbocycles. The number of nitrogens with one attached hydrogen (secondary N) is 1. The average Bonchev–Trinajstić information content (AvgIpc) is 2.82. The van der Waals surface area contributed by atoms with Crippen LogP contribution in [-0.4, -0.2) is 27.2 Å². The fourth-order valence-electron chi connectivity index (χ4n) is 1.52. The second kappa shape index (κ2) is 5.80. The molecule has 0 aliphatic rings. The highest BCUT2D eigenvalue weighted by Crippen LogP contribution is 2.10. The highest BCUT2D eigenvalue weighted by molar-refractivity contribution is 6.05. The van der Waals surface area contributed by atoms with Crippen LogP contribution in [0.3, 0.4) is 0 Å². The first-order valence-corrected chi connectivity index (χ1v) is 5.63. The van der Waals surface area contributed by atoms with Crippen molar-refractivity contribution in [1.82, 2.24) is 14.8 Å². The topological polar surface area (TPSA) is 85.8 Å². The van der Waals surface area contributed by atoms with Gasteiger partial charge in [0.1, 0.15) is 0 Å². The molecule has 3 N–H and O–H groups in total. The molecule has 2 heterocycles. The van der Waals surface area contributed by atoms with Gasteiger partial charge < -0.3 is 11.1 Å². The molecule has 0 fully saturated rings. The number of carbonyl (C=O) groups is 1. The minimum atomic E-state index is -0.253. The van der Waals surface area contributed by atoms with Crippen LogP contribution in [0.4, 0.5) is 5.69 Å². The van der Waals surface area contributed by atoms with Crippen molar-refractivity contribution in [2.45, 2.75) is 0 Å². The van der Waals surface area contributed by atoms with Crippen molar-refractivity contribution in [3.05, 3.63) is 42.0 Å². The van der Waals surface area contributed by atoms with Gasteiger partial charge in [0.2, 0.25) is 0 Å². The van der Waals surface area contributed by atoms with Gasteiger partial charge in [0.15, 0.2) is 0 Å². The summed E-state index contributed by atoms with van der Waals surface area (Å²) in [5.74, 6) is 5.28. The Morgan fingerprint density at radius 1 is 1.53 bits per heavy atom. The third-order valence-electron chi connectivity index (χ3n) is 2.35. The zero-order chi connectivity index (χ0) is 13.7. The van der Waals surface area contributed by atoms with Crippen molar-refractivity contribution in [3.63, 3.8) is 0 Å². The van der Waals surface area contributed by atoms with E-state index in [1.807, 2.05) is 0 Å². The van der Waals surface area contributed by atoms with Crippen molar-refractivity contribution in [3.8, 4) is 11.8 Å². The largest absolute Gasteiger partial charge is 0.320 e. The highest BCUT2D eigenvalue weighted by atomic mass is 16.1. The van der Waals surface area contributed by atoms with E-state index < -0.39 is 0 Å². The van der Waals surface area contributed by atoms with Crippen molar-refractivity contribution in [2.75, 3.05) is 11.9 Å². The molecule has 1 amide bonds. The molecular formula is C13H13N5O. The summed E-state index contributed by atoms with van der Waals surface area (Å²) in [4.78, 5) is 16.1. The van der Waals surface area contributed by atoms with E-state index >= 15 is 0 Å². The lowest BCUT2D eigenvalue weighted by molar-refractivity contribution is 0.102. The number of carbonyl (C=O) groups excluding carboxylic acids is 1. The summed E-state index contributed by atoms with van der Waals surface area (Å²) in [5.41, 5.74) is 6.96. The lowest BCUT2D eigenvalue weighted by atomic mass is 10.1. The second-order valence-corrected chi connectivity index (χ2v) is 3.78. The van der Waals surface area contributed by atoms with E-state index in [0.717, 1.165) is 0 Å². The summed E-state index contributed by atoms with van der Waals surface area (Å²) in [6.07, 6.45) is 6.38. The number of nitrogens with zero attached hydrogens (tertiary/aromatic N) is 3. The van der Waals surface area contributed by atoms with E-state index in [1.165, 1.54) is 0 Å². The molecule has 0 aliphatic heterocycles. The third kappa shape index (κ3) is 3.18. The Labute approximate surface area is 110 Å². The van der Waals surface area contributed by atoms with Crippen molar-refractivity contribution in [1.29, 1.82) is 0 Å². The summed E-state index contributed by atoms with van der Waals surface area (Å²) in [5, 5.41) is 6.73. The molecule has 0 bridgehead atoms. The molecule has 6 heteroatoms. The van der Waals surface area contributed by atoms with Gasteiger partial charge in [0.25, 0.3) is 5.91 Å². The maximum atomic E-state index is 12.1. The van der Waals surface area contributed by atoms with Crippen LogP contribution in [0.15, 0.2) is 30.9 Å². The zero-order valence-corrected chi connectivity index (χ0v) is 10.4. The normalized spacial score (nSPS) is 9.58. The lowest BCUT2D eigenvalue weighted by Gasteiger charge is -2.04. The monoisotopic (exact) mass is 255 g/mol. The molecule has 0 saturated carbocycles. The van der Waals surface area contributed by atoms with Crippen LogP contribution in [0.5, 0.6) is 0 Å². The molecule has 2 aromatic rings. The molecule has 19 heavy (non-hydrogen) atoms. The minimum absolute atomic E-state index is 0.235. The van der Waals surface area contributed by atoms with Crippen LogP contribution >= 0.6 is 0 Å². The molecule has 0 atom stereocenters. The molecule has 0 unspecified atom stereocenters.